The highest BCUT2D eigenvalue weighted by molar-refractivity contribution is 6.35. The van der Waals surface area contributed by atoms with E-state index in [9.17, 15) is 19.1 Å². The Kier molecular flexibility index (Phi) is 5.58. The van der Waals surface area contributed by atoms with Crippen molar-refractivity contribution < 1.29 is 23.5 Å². The molecule has 0 saturated heterocycles. The lowest BCUT2D eigenvalue weighted by Crippen LogP contribution is -2.45. The van der Waals surface area contributed by atoms with E-state index in [1.165, 1.54) is 31.2 Å². The Bertz CT molecular complexity index is 766. The molecule has 1 aromatic heterocycles. The van der Waals surface area contributed by atoms with Gasteiger partial charge in [-0.3, -0.25) is 9.59 Å². The monoisotopic (exact) mass is 348 g/mol. The second-order valence-electron chi connectivity index (χ2n) is 6.09. The molecule has 6 nitrogen and oxygen atoms in total. The fourth-order valence-corrected chi connectivity index (χ4v) is 2.46. The molecule has 0 aliphatic rings. The third-order valence-electron chi connectivity index (χ3n) is 3.79. The zero-order valence-electron chi connectivity index (χ0n) is 14.4. The van der Waals surface area contributed by atoms with Gasteiger partial charge in [0.25, 0.3) is 0 Å². The summed E-state index contributed by atoms with van der Waals surface area (Å²) < 4.78 is 18.2. The molecule has 7 heteroatoms. The second kappa shape index (κ2) is 7.48. The summed E-state index contributed by atoms with van der Waals surface area (Å²) >= 11 is 0. The van der Waals surface area contributed by atoms with E-state index in [4.69, 9.17) is 4.42 Å². The summed E-state index contributed by atoms with van der Waals surface area (Å²) in [6.07, 6.45) is 0. The van der Waals surface area contributed by atoms with Crippen LogP contribution in [0.25, 0.3) is 0 Å². The fraction of sp³-hybridized carbons (Fsp3) is 0.333. The molecular formula is C18H21FN2O4. The van der Waals surface area contributed by atoms with E-state index >= 15 is 0 Å². The number of halogens is 1. The largest absolute Gasteiger partial charge is 0.466 e. The Hall–Kier alpha value is -2.67. The zero-order chi connectivity index (χ0) is 18.6. The summed E-state index contributed by atoms with van der Waals surface area (Å²) in [7, 11) is 0. The highest BCUT2D eigenvalue weighted by atomic mass is 19.1. The van der Waals surface area contributed by atoms with E-state index in [2.05, 4.69) is 10.6 Å². The average molecular weight is 348 g/mol. The quantitative estimate of drug-likeness (QED) is 0.717. The van der Waals surface area contributed by atoms with E-state index in [1.807, 2.05) is 0 Å². The van der Waals surface area contributed by atoms with Crippen LogP contribution in [-0.4, -0.2) is 23.5 Å². The highest BCUT2D eigenvalue weighted by Crippen LogP contribution is 2.26. The molecule has 25 heavy (non-hydrogen) atoms. The smallest absolute Gasteiger partial charge is 0.309 e. The molecule has 0 aliphatic heterocycles. The molecule has 0 aliphatic carbocycles. The van der Waals surface area contributed by atoms with Crippen LogP contribution in [0.15, 0.2) is 34.7 Å². The van der Waals surface area contributed by atoms with Gasteiger partial charge >= 0.3 is 11.8 Å². The first-order valence-electron chi connectivity index (χ1n) is 7.79. The van der Waals surface area contributed by atoms with E-state index < -0.39 is 17.4 Å². The molecular weight excluding hydrogens is 327 g/mol. The standard InChI is InChI=1S/C18H21FN2O4/c1-11-8-15(12(2)25-11)18(3,24)10-21-17(23)16(22)20-9-13-4-6-14(19)7-5-13/h4-8,24H,9-10H2,1-3H3,(H,20,22)(H,21,23). The van der Waals surface area contributed by atoms with Gasteiger partial charge in [0, 0.05) is 12.1 Å². The first-order chi connectivity index (χ1) is 11.7. The van der Waals surface area contributed by atoms with Crippen LogP contribution in [0.2, 0.25) is 0 Å². The minimum Gasteiger partial charge on any atom is -0.466 e. The lowest BCUT2D eigenvalue weighted by molar-refractivity contribution is -0.139. The van der Waals surface area contributed by atoms with Crippen molar-refractivity contribution in [3.05, 3.63) is 58.8 Å². The van der Waals surface area contributed by atoms with Gasteiger partial charge in [-0.05, 0) is 44.5 Å². The SMILES string of the molecule is Cc1cc(C(C)(O)CNC(=O)C(=O)NCc2ccc(F)cc2)c(C)o1. The van der Waals surface area contributed by atoms with Crippen LogP contribution in [0.3, 0.4) is 0 Å². The van der Waals surface area contributed by atoms with Crippen LogP contribution in [0.5, 0.6) is 0 Å². The maximum Gasteiger partial charge on any atom is 0.309 e. The van der Waals surface area contributed by atoms with E-state index in [1.54, 1.807) is 19.9 Å². The lowest BCUT2D eigenvalue weighted by Gasteiger charge is -2.23. The molecule has 134 valence electrons. The number of amides is 2. The molecule has 2 amide bonds. The summed E-state index contributed by atoms with van der Waals surface area (Å²) in [5.41, 5.74) is -0.148. The summed E-state index contributed by atoms with van der Waals surface area (Å²) in [6.45, 7) is 4.96. The minimum atomic E-state index is -1.37. The molecule has 3 N–H and O–H groups in total. The maximum atomic E-state index is 12.8. The summed E-state index contributed by atoms with van der Waals surface area (Å²) in [5.74, 6) is -0.867. The first-order valence-corrected chi connectivity index (χ1v) is 7.79. The Morgan fingerprint density at radius 3 is 2.32 bits per heavy atom. The van der Waals surface area contributed by atoms with Crippen molar-refractivity contribution in [3.8, 4) is 0 Å². The van der Waals surface area contributed by atoms with Gasteiger partial charge < -0.3 is 20.2 Å². The zero-order valence-corrected chi connectivity index (χ0v) is 14.4. The van der Waals surface area contributed by atoms with Crippen molar-refractivity contribution in [1.82, 2.24) is 10.6 Å². The molecule has 0 spiro atoms. The third kappa shape index (κ3) is 4.90. The predicted octanol–water partition coefficient (Wildman–Crippen LogP) is 1.68. The van der Waals surface area contributed by atoms with Crippen LogP contribution in [0.4, 0.5) is 4.39 Å². The van der Waals surface area contributed by atoms with Crippen LogP contribution >= 0.6 is 0 Å². The van der Waals surface area contributed by atoms with Crippen molar-refractivity contribution >= 4 is 11.8 Å². The molecule has 1 atom stereocenters. The Balaban J connectivity index is 1.87. The van der Waals surface area contributed by atoms with Crippen molar-refractivity contribution in [1.29, 1.82) is 0 Å². The van der Waals surface area contributed by atoms with E-state index in [-0.39, 0.29) is 18.9 Å². The van der Waals surface area contributed by atoms with Gasteiger partial charge in [0.2, 0.25) is 0 Å². The number of hydrogen-bond acceptors (Lipinski definition) is 4. The second-order valence-corrected chi connectivity index (χ2v) is 6.09. The lowest BCUT2D eigenvalue weighted by atomic mass is 9.96. The summed E-state index contributed by atoms with van der Waals surface area (Å²) in [5, 5.41) is 15.3. The van der Waals surface area contributed by atoms with Crippen molar-refractivity contribution in [2.75, 3.05) is 6.54 Å². The first kappa shape index (κ1) is 18.7. The number of benzene rings is 1. The van der Waals surface area contributed by atoms with Crippen LogP contribution in [0, 0.1) is 19.7 Å². The number of rotatable bonds is 5. The van der Waals surface area contributed by atoms with E-state index in [0.717, 1.165) is 0 Å². The Morgan fingerprint density at radius 1 is 1.16 bits per heavy atom. The Labute approximate surface area is 145 Å². The van der Waals surface area contributed by atoms with Gasteiger partial charge in [-0.25, -0.2) is 4.39 Å². The fourth-order valence-electron chi connectivity index (χ4n) is 2.46. The van der Waals surface area contributed by atoms with Gasteiger partial charge in [-0.2, -0.15) is 0 Å². The van der Waals surface area contributed by atoms with Crippen molar-refractivity contribution in [3.63, 3.8) is 0 Å². The molecule has 2 aromatic rings. The molecule has 2 rings (SSSR count). The maximum absolute atomic E-state index is 12.8. The predicted molar refractivity (Wildman–Crippen MR) is 89.0 cm³/mol. The number of furan rings is 1. The van der Waals surface area contributed by atoms with Gasteiger partial charge in [0.1, 0.15) is 22.9 Å². The summed E-state index contributed by atoms with van der Waals surface area (Å²) in [4.78, 5) is 23.7. The van der Waals surface area contributed by atoms with Crippen molar-refractivity contribution in [2.24, 2.45) is 0 Å². The molecule has 1 unspecified atom stereocenters. The number of nitrogens with one attached hydrogen (secondary N) is 2. The Morgan fingerprint density at radius 2 is 1.76 bits per heavy atom. The normalized spacial score (nSPS) is 13.2. The topological polar surface area (TPSA) is 91.6 Å². The van der Waals surface area contributed by atoms with Crippen molar-refractivity contribution in [2.45, 2.75) is 32.9 Å². The number of aliphatic hydroxyl groups is 1. The average Bonchev–Trinajstić information content (AvgIpc) is 2.91. The molecule has 1 heterocycles. The number of carbonyl (C=O) groups is 2. The molecule has 0 radical (unpaired) electrons. The number of carbonyl (C=O) groups excluding carboxylic acids is 2. The van der Waals surface area contributed by atoms with E-state index in [0.29, 0.717) is 22.6 Å². The molecule has 0 bridgehead atoms. The molecule has 0 fully saturated rings. The van der Waals surface area contributed by atoms with Crippen LogP contribution < -0.4 is 10.6 Å². The van der Waals surface area contributed by atoms with Gasteiger partial charge in [0.05, 0.1) is 6.54 Å². The van der Waals surface area contributed by atoms with Gasteiger partial charge in [0.15, 0.2) is 0 Å². The van der Waals surface area contributed by atoms with Gasteiger partial charge in [-0.1, -0.05) is 12.1 Å². The number of aryl methyl sites for hydroxylation is 2. The van der Waals surface area contributed by atoms with Crippen LogP contribution in [0.1, 0.15) is 29.6 Å². The molecule has 0 saturated carbocycles. The molecule has 1 aromatic carbocycles. The number of hydrogen-bond donors (Lipinski definition) is 3. The third-order valence-corrected chi connectivity index (χ3v) is 3.79. The minimum absolute atomic E-state index is 0.100. The highest BCUT2D eigenvalue weighted by Gasteiger charge is 2.29. The van der Waals surface area contributed by atoms with Crippen LogP contribution in [-0.2, 0) is 21.7 Å². The summed E-state index contributed by atoms with van der Waals surface area (Å²) in [6, 6.07) is 7.27. The van der Waals surface area contributed by atoms with Gasteiger partial charge in [-0.15, -0.1) is 0 Å².